The lowest BCUT2D eigenvalue weighted by Gasteiger charge is -2.07. The minimum atomic E-state index is -0.292. The van der Waals surface area contributed by atoms with Crippen molar-refractivity contribution in [1.82, 2.24) is 9.55 Å². The average Bonchev–Trinajstić information content (AvgIpc) is 2.73. The average molecular weight is 366 g/mol. The molecule has 0 radical (unpaired) electrons. The second-order valence-electron chi connectivity index (χ2n) is 4.12. The highest BCUT2D eigenvalue weighted by atomic mass is 79.9. The van der Waals surface area contributed by atoms with E-state index in [9.17, 15) is 4.39 Å². The van der Waals surface area contributed by atoms with E-state index >= 15 is 0 Å². The van der Waals surface area contributed by atoms with Gasteiger partial charge in [0.15, 0.2) is 0 Å². The van der Waals surface area contributed by atoms with Gasteiger partial charge in [0.2, 0.25) is 0 Å². The Morgan fingerprint density at radius 1 is 1.47 bits per heavy atom. The highest BCUT2D eigenvalue weighted by molar-refractivity contribution is 9.10. The number of benzene rings is 1. The van der Waals surface area contributed by atoms with Crippen LogP contribution < -0.4 is 0 Å². The van der Waals surface area contributed by atoms with Gasteiger partial charge in [-0.05, 0) is 39.9 Å². The van der Waals surface area contributed by atoms with Crippen LogP contribution in [-0.4, -0.2) is 21.1 Å². The molecule has 0 unspecified atom stereocenters. The van der Waals surface area contributed by atoms with Crippen LogP contribution in [0.15, 0.2) is 16.6 Å². The van der Waals surface area contributed by atoms with Crippen molar-refractivity contribution in [2.45, 2.75) is 25.8 Å². The summed E-state index contributed by atoms with van der Waals surface area (Å²) in [5.41, 5.74) is 1.60. The van der Waals surface area contributed by atoms with Crippen molar-refractivity contribution < 1.29 is 4.39 Å². The molecule has 2 aromatic rings. The fourth-order valence-corrected chi connectivity index (χ4v) is 3.15. The molecule has 1 aromatic carbocycles. The van der Waals surface area contributed by atoms with E-state index in [4.69, 9.17) is 11.6 Å². The number of aromatic nitrogens is 2. The standard InChI is InChI=1S/C13H15BrClFN2S/c1-2-19-5-3-4-18-12-6-9(14)10(16)7-11(12)17-13(18)8-15/h6-7H,2-5,8H2,1H3. The minimum absolute atomic E-state index is 0.292. The van der Waals surface area contributed by atoms with E-state index in [-0.39, 0.29) is 5.82 Å². The van der Waals surface area contributed by atoms with E-state index in [2.05, 4.69) is 32.4 Å². The van der Waals surface area contributed by atoms with E-state index in [1.807, 2.05) is 11.8 Å². The molecule has 0 saturated heterocycles. The van der Waals surface area contributed by atoms with Crippen LogP contribution in [0.2, 0.25) is 0 Å². The van der Waals surface area contributed by atoms with Gasteiger partial charge in [0, 0.05) is 12.6 Å². The quantitative estimate of drug-likeness (QED) is 0.539. The molecule has 0 bridgehead atoms. The van der Waals surface area contributed by atoms with Crippen LogP contribution in [0.1, 0.15) is 19.2 Å². The summed E-state index contributed by atoms with van der Waals surface area (Å²) in [6.07, 6.45) is 1.06. The first-order valence-electron chi connectivity index (χ1n) is 6.15. The molecule has 0 spiro atoms. The number of halogens is 3. The number of nitrogens with zero attached hydrogens (tertiary/aromatic N) is 2. The van der Waals surface area contributed by atoms with Gasteiger partial charge in [0.1, 0.15) is 11.6 Å². The first kappa shape index (κ1) is 15.1. The number of imidazole rings is 1. The number of thioether (sulfide) groups is 1. The van der Waals surface area contributed by atoms with Crippen LogP contribution in [0.25, 0.3) is 11.0 Å². The van der Waals surface area contributed by atoms with Crippen molar-refractivity contribution in [2.24, 2.45) is 0 Å². The molecule has 0 N–H and O–H groups in total. The molecule has 104 valence electrons. The van der Waals surface area contributed by atoms with Crippen molar-refractivity contribution in [3.05, 3.63) is 28.2 Å². The Morgan fingerprint density at radius 2 is 2.26 bits per heavy atom. The van der Waals surface area contributed by atoms with Gasteiger partial charge in [-0.2, -0.15) is 11.8 Å². The largest absolute Gasteiger partial charge is 0.327 e. The molecule has 6 heteroatoms. The maximum absolute atomic E-state index is 13.5. The molecule has 0 fully saturated rings. The Kier molecular flexibility index (Phi) is 5.54. The highest BCUT2D eigenvalue weighted by Gasteiger charge is 2.12. The zero-order chi connectivity index (χ0) is 13.8. The Bertz CT molecular complexity index is 573. The lowest BCUT2D eigenvalue weighted by atomic mass is 10.3. The summed E-state index contributed by atoms with van der Waals surface area (Å²) in [6.45, 7) is 3.02. The minimum Gasteiger partial charge on any atom is -0.327 e. The summed E-state index contributed by atoms with van der Waals surface area (Å²) in [7, 11) is 0. The molecule has 1 heterocycles. The second-order valence-corrected chi connectivity index (χ2v) is 6.63. The third kappa shape index (κ3) is 3.44. The topological polar surface area (TPSA) is 17.8 Å². The summed E-state index contributed by atoms with van der Waals surface area (Å²) in [4.78, 5) is 4.40. The zero-order valence-electron chi connectivity index (χ0n) is 10.6. The zero-order valence-corrected chi connectivity index (χ0v) is 13.8. The lowest BCUT2D eigenvalue weighted by Crippen LogP contribution is -2.03. The summed E-state index contributed by atoms with van der Waals surface area (Å²) in [5.74, 6) is 3.09. The molecule has 0 aliphatic carbocycles. The van der Waals surface area contributed by atoms with Gasteiger partial charge in [0.05, 0.1) is 21.4 Å². The van der Waals surface area contributed by atoms with E-state index in [1.165, 1.54) is 6.07 Å². The molecule has 0 aliphatic heterocycles. The molecule has 19 heavy (non-hydrogen) atoms. The fraction of sp³-hybridized carbons (Fsp3) is 0.462. The van der Waals surface area contributed by atoms with Crippen LogP contribution in [0.5, 0.6) is 0 Å². The van der Waals surface area contributed by atoms with Gasteiger partial charge in [-0.1, -0.05) is 6.92 Å². The number of aryl methyl sites for hydroxylation is 1. The fourth-order valence-electron chi connectivity index (χ4n) is 1.99. The number of alkyl halides is 1. The molecule has 0 saturated carbocycles. The smallest absolute Gasteiger partial charge is 0.139 e. The van der Waals surface area contributed by atoms with E-state index in [0.717, 1.165) is 35.8 Å². The SMILES string of the molecule is CCSCCCn1c(CCl)nc2cc(F)c(Br)cc21. The molecule has 1 aromatic heterocycles. The van der Waals surface area contributed by atoms with Gasteiger partial charge in [0.25, 0.3) is 0 Å². The molecule has 0 aliphatic rings. The van der Waals surface area contributed by atoms with Crippen LogP contribution in [0.3, 0.4) is 0 Å². The summed E-state index contributed by atoms with van der Waals surface area (Å²) < 4.78 is 16.1. The first-order chi connectivity index (χ1) is 9.17. The summed E-state index contributed by atoms with van der Waals surface area (Å²) >= 11 is 11.1. The Morgan fingerprint density at radius 3 is 2.95 bits per heavy atom. The van der Waals surface area contributed by atoms with Gasteiger partial charge in [-0.15, -0.1) is 11.6 Å². The monoisotopic (exact) mass is 364 g/mol. The van der Waals surface area contributed by atoms with Crippen molar-refractivity contribution in [1.29, 1.82) is 0 Å². The first-order valence-corrected chi connectivity index (χ1v) is 8.63. The third-order valence-electron chi connectivity index (χ3n) is 2.86. The Labute approximate surface area is 129 Å². The van der Waals surface area contributed by atoms with Crippen molar-refractivity contribution in [3.8, 4) is 0 Å². The normalized spacial score (nSPS) is 11.4. The molecule has 0 atom stereocenters. The molecule has 2 rings (SSSR count). The molecule has 0 amide bonds. The Balaban J connectivity index is 2.31. The number of rotatable bonds is 6. The van der Waals surface area contributed by atoms with Crippen LogP contribution in [0.4, 0.5) is 4.39 Å². The Hall–Kier alpha value is -0.260. The molecule has 2 nitrogen and oxygen atoms in total. The number of hydrogen-bond acceptors (Lipinski definition) is 2. The highest BCUT2D eigenvalue weighted by Crippen LogP contribution is 2.25. The van der Waals surface area contributed by atoms with Crippen molar-refractivity contribution in [3.63, 3.8) is 0 Å². The van der Waals surface area contributed by atoms with Gasteiger partial charge < -0.3 is 4.57 Å². The van der Waals surface area contributed by atoms with Gasteiger partial charge >= 0.3 is 0 Å². The van der Waals surface area contributed by atoms with Crippen molar-refractivity contribution >= 4 is 50.3 Å². The second kappa shape index (κ2) is 6.95. The maximum atomic E-state index is 13.5. The summed E-state index contributed by atoms with van der Waals surface area (Å²) in [6, 6.07) is 3.23. The molecular formula is C13H15BrClFN2S. The lowest BCUT2D eigenvalue weighted by molar-refractivity contribution is 0.622. The van der Waals surface area contributed by atoms with Crippen LogP contribution >= 0.6 is 39.3 Å². The number of hydrogen-bond donors (Lipinski definition) is 0. The van der Waals surface area contributed by atoms with E-state index in [1.54, 1.807) is 6.07 Å². The van der Waals surface area contributed by atoms with Crippen LogP contribution in [0, 0.1) is 5.82 Å². The van der Waals surface area contributed by atoms with Gasteiger partial charge in [-0.3, -0.25) is 0 Å². The van der Waals surface area contributed by atoms with Crippen LogP contribution in [-0.2, 0) is 12.4 Å². The summed E-state index contributed by atoms with van der Waals surface area (Å²) in [5, 5.41) is 0. The van der Waals surface area contributed by atoms with E-state index in [0.29, 0.717) is 15.9 Å². The maximum Gasteiger partial charge on any atom is 0.139 e. The van der Waals surface area contributed by atoms with E-state index < -0.39 is 0 Å². The number of fused-ring (bicyclic) bond motifs is 1. The predicted octanol–water partition coefficient (Wildman–Crippen LogP) is 4.82. The molecular weight excluding hydrogens is 351 g/mol. The predicted molar refractivity (Wildman–Crippen MR) is 84.6 cm³/mol. The third-order valence-corrected chi connectivity index (χ3v) is 4.70. The van der Waals surface area contributed by atoms with Gasteiger partial charge in [-0.25, -0.2) is 9.37 Å². The van der Waals surface area contributed by atoms with Crippen molar-refractivity contribution in [2.75, 3.05) is 11.5 Å².